The standard InChI is InChI=1S/C26H34N6O3/c1-16-21(7-8-23(27)30-16)15-29-24(33)17(2)31-25(34)22-13-19(14-28-22)11-18-5-3-6-20(12-18)26(35)32-9-4-10-32/h3,5-8,12,17,19,22,28H,4,9-11,13-15H2,1-2H3,(H2,27,30)(H,29,33)(H,31,34)/t17?,19-,22+/m0/s1. The van der Waals surface area contributed by atoms with E-state index in [2.05, 4.69) is 20.9 Å². The maximum absolute atomic E-state index is 12.8. The molecule has 9 heteroatoms. The molecule has 186 valence electrons. The average molecular weight is 479 g/mol. The molecule has 5 N–H and O–H groups in total. The number of benzene rings is 1. The Morgan fingerprint density at radius 1 is 1.23 bits per heavy atom. The highest BCUT2D eigenvalue weighted by molar-refractivity contribution is 5.94. The Balaban J connectivity index is 1.23. The number of carbonyl (C=O) groups excluding carboxylic acids is 3. The molecule has 2 saturated heterocycles. The van der Waals surface area contributed by atoms with Gasteiger partial charge >= 0.3 is 0 Å². The van der Waals surface area contributed by atoms with Gasteiger partial charge in [0.1, 0.15) is 11.9 Å². The molecular weight excluding hydrogens is 444 g/mol. The lowest BCUT2D eigenvalue weighted by Gasteiger charge is -2.31. The first-order valence-electron chi connectivity index (χ1n) is 12.2. The average Bonchev–Trinajstić information content (AvgIpc) is 3.26. The molecule has 3 heterocycles. The topological polar surface area (TPSA) is 129 Å². The number of likely N-dealkylation sites (tertiary alicyclic amines) is 1. The molecule has 2 aliphatic rings. The van der Waals surface area contributed by atoms with Crippen LogP contribution in [0.4, 0.5) is 5.82 Å². The third-order valence-corrected chi connectivity index (χ3v) is 6.80. The molecule has 1 aromatic heterocycles. The highest BCUT2D eigenvalue weighted by atomic mass is 16.2. The van der Waals surface area contributed by atoms with Crippen molar-refractivity contribution >= 4 is 23.5 Å². The second-order valence-corrected chi connectivity index (χ2v) is 9.54. The predicted octanol–water partition coefficient (Wildman–Crippen LogP) is 1.16. The zero-order valence-electron chi connectivity index (χ0n) is 20.3. The smallest absolute Gasteiger partial charge is 0.253 e. The van der Waals surface area contributed by atoms with Gasteiger partial charge in [-0.3, -0.25) is 14.4 Å². The largest absolute Gasteiger partial charge is 0.384 e. The number of anilines is 1. The minimum Gasteiger partial charge on any atom is -0.384 e. The Hall–Kier alpha value is -3.46. The maximum atomic E-state index is 12.8. The molecule has 2 fully saturated rings. The summed E-state index contributed by atoms with van der Waals surface area (Å²) in [7, 11) is 0. The number of carbonyl (C=O) groups is 3. The van der Waals surface area contributed by atoms with Crippen LogP contribution >= 0.6 is 0 Å². The summed E-state index contributed by atoms with van der Waals surface area (Å²) in [5, 5.41) is 8.93. The molecule has 35 heavy (non-hydrogen) atoms. The van der Waals surface area contributed by atoms with Gasteiger partial charge in [0.25, 0.3) is 5.91 Å². The lowest BCUT2D eigenvalue weighted by atomic mass is 9.95. The zero-order chi connectivity index (χ0) is 24.9. The first-order valence-corrected chi connectivity index (χ1v) is 12.2. The summed E-state index contributed by atoms with van der Waals surface area (Å²) >= 11 is 0. The SMILES string of the molecule is Cc1nc(N)ccc1CNC(=O)C(C)NC(=O)[C@H]1C[C@H](Cc2cccc(C(=O)N3CCC3)c2)CN1. The number of nitrogens with two attached hydrogens (primary N) is 1. The van der Waals surface area contributed by atoms with Crippen molar-refractivity contribution in [3.63, 3.8) is 0 Å². The van der Waals surface area contributed by atoms with Crippen molar-refractivity contribution in [1.29, 1.82) is 0 Å². The van der Waals surface area contributed by atoms with Crippen LogP contribution in [0.3, 0.4) is 0 Å². The zero-order valence-corrected chi connectivity index (χ0v) is 20.3. The fourth-order valence-electron chi connectivity index (χ4n) is 4.54. The second kappa shape index (κ2) is 10.9. The summed E-state index contributed by atoms with van der Waals surface area (Å²) in [5.74, 6) is 0.378. The van der Waals surface area contributed by atoms with Crippen LogP contribution in [0.2, 0.25) is 0 Å². The summed E-state index contributed by atoms with van der Waals surface area (Å²) in [6.07, 6.45) is 2.55. The van der Waals surface area contributed by atoms with Crippen molar-refractivity contribution in [2.45, 2.75) is 51.7 Å². The second-order valence-electron chi connectivity index (χ2n) is 9.54. The number of nitrogens with zero attached hydrogens (tertiary/aromatic N) is 2. The molecule has 0 radical (unpaired) electrons. The number of aryl methyl sites for hydroxylation is 1. The van der Waals surface area contributed by atoms with Crippen molar-refractivity contribution in [2.75, 3.05) is 25.4 Å². The van der Waals surface area contributed by atoms with Crippen molar-refractivity contribution in [3.05, 3.63) is 58.8 Å². The van der Waals surface area contributed by atoms with Crippen LogP contribution in [-0.4, -0.2) is 59.3 Å². The Morgan fingerprint density at radius 3 is 2.74 bits per heavy atom. The van der Waals surface area contributed by atoms with Crippen molar-refractivity contribution in [2.24, 2.45) is 5.92 Å². The van der Waals surface area contributed by atoms with Crippen LogP contribution < -0.4 is 21.7 Å². The van der Waals surface area contributed by atoms with Gasteiger partial charge in [-0.15, -0.1) is 0 Å². The molecule has 0 bridgehead atoms. The van der Waals surface area contributed by atoms with E-state index >= 15 is 0 Å². The molecule has 0 spiro atoms. The van der Waals surface area contributed by atoms with Crippen molar-refractivity contribution in [1.82, 2.24) is 25.8 Å². The van der Waals surface area contributed by atoms with Crippen LogP contribution in [0.1, 0.15) is 46.9 Å². The van der Waals surface area contributed by atoms with E-state index in [4.69, 9.17) is 5.73 Å². The number of aromatic nitrogens is 1. The van der Waals surface area contributed by atoms with Gasteiger partial charge in [0.2, 0.25) is 11.8 Å². The summed E-state index contributed by atoms with van der Waals surface area (Å²) in [6.45, 7) is 6.22. The van der Waals surface area contributed by atoms with Gasteiger partial charge < -0.3 is 26.6 Å². The summed E-state index contributed by atoms with van der Waals surface area (Å²) < 4.78 is 0. The van der Waals surface area contributed by atoms with E-state index in [-0.39, 0.29) is 29.7 Å². The molecule has 2 aromatic rings. The van der Waals surface area contributed by atoms with E-state index in [1.807, 2.05) is 42.2 Å². The molecule has 1 unspecified atom stereocenters. The lowest BCUT2D eigenvalue weighted by Crippen LogP contribution is -2.50. The van der Waals surface area contributed by atoms with E-state index in [9.17, 15) is 14.4 Å². The third-order valence-electron chi connectivity index (χ3n) is 6.80. The molecule has 9 nitrogen and oxygen atoms in total. The molecule has 3 atom stereocenters. The van der Waals surface area contributed by atoms with Gasteiger partial charge in [-0.25, -0.2) is 4.98 Å². The van der Waals surface area contributed by atoms with Crippen LogP contribution in [0, 0.1) is 12.8 Å². The van der Waals surface area contributed by atoms with Crippen molar-refractivity contribution < 1.29 is 14.4 Å². The van der Waals surface area contributed by atoms with Crippen molar-refractivity contribution in [3.8, 4) is 0 Å². The van der Waals surface area contributed by atoms with Crippen LogP contribution in [0.25, 0.3) is 0 Å². The van der Waals surface area contributed by atoms with E-state index in [0.29, 0.717) is 25.3 Å². The Bertz CT molecular complexity index is 1100. The predicted molar refractivity (Wildman–Crippen MR) is 133 cm³/mol. The molecule has 2 aliphatic heterocycles. The molecule has 0 aliphatic carbocycles. The number of rotatable bonds is 8. The number of amides is 3. The first-order chi connectivity index (χ1) is 16.8. The summed E-state index contributed by atoms with van der Waals surface area (Å²) in [4.78, 5) is 43.8. The Labute approximate surface area is 205 Å². The Kier molecular flexibility index (Phi) is 7.65. The lowest BCUT2D eigenvalue weighted by molar-refractivity contribution is -0.129. The third kappa shape index (κ3) is 6.16. The fourth-order valence-corrected chi connectivity index (χ4v) is 4.54. The van der Waals surface area contributed by atoms with Crippen LogP contribution in [0.5, 0.6) is 0 Å². The maximum Gasteiger partial charge on any atom is 0.253 e. The van der Waals surface area contributed by atoms with Crippen LogP contribution in [-0.2, 0) is 22.6 Å². The Morgan fingerprint density at radius 2 is 2.03 bits per heavy atom. The number of pyridine rings is 1. The van der Waals surface area contributed by atoms with Gasteiger partial charge in [-0.05, 0) is 74.9 Å². The summed E-state index contributed by atoms with van der Waals surface area (Å²) in [6, 6.07) is 10.3. The quantitative estimate of drug-likeness (QED) is 0.451. The van der Waals surface area contributed by atoms with Gasteiger partial charge in [0.15, 0.2) is 0 Å². The monoisotopic (exact) mass is 478 g/mol. The first kappa shape index (κ1) is 24.7. The molecule has 0 saturated carbocycles. The van der Waals surface area contributed by atoms with Gasteiger partial charge in [0.05, 0.1) is 6.04 Å². The van der Waals surface area contributed by atoms with E-state index in [0.717, 1.165) is 48.3 Å². The number of nitrogens with one attached hydrogen (secondary N) is 3. The molecule has 1 aromatic carbocycles. The molecule has 3 amide bonds. The molecule has 4 rings (SSSR count). The van der Waals surface area contributed by atoms with Gasteiger partial charge in [-0.1, -0.05) is 18.2 Å². The number of hydrogen-bond acceptors (Lipinski definition) is 6. The minimum atomic E-state index is -0.658. The van der Waals surface area contributed by atoms with E-state index < -0.39 is 6.04 Å². The van der Waals surface area contributed by atoms with Crippen LogP contribution in [0.15, 0.2) is 36.4 Å². The van der Waals surface area contributed by atoms with Gasteiger partial charge in [0, 0.05) is 30.9 Å². The minimum absolute atomic E-state index is 0.0926. The molecular formula is C26H34N6O3. The number of nitrogen functional groups attached to an aromatic ring is 1. The number of hydrogen-bond donors (Lipinski definition) is 4. The normalized spacial score (nSPS) is 20.1. The fraction of sp³-hybridized carbons (Fsp3) is 0.462. The highest BCUT2D eigenvalue weighted by Gasteiger charge is 2.31. The van der Waals surface area contributed by atoms with E-state index in [1.54, 1.807) is 13.0 Å². The highest BCUT2D eigenvalue weighted by Crippen LogP contribution is 2.21. The van der Waals surface area contributed by atoms with E-state index in [1.165, 1.54) is 0 Å². The summed E-state index contributed by atoms with van der Waals surface area (Å²) in [5.41, 5.74) is 9.14. The van der Waals surface area contributed by atoms with Gasteiger partial charge in [-0.2, -0.15) is 0 Å².